The molecule has 2 aliphatic rings. The van der Waals surface area contributed by atoms with Gasteiger partial charge in [-0.15, -0.1) is 0 Å². The first kappa shape index (κ1) is 13.6. The van der Waals surface area contributed by atoms with Gasteiger partial charge >= 0.3 is 0 Å². The Morgan fingerprint density at radius 3 is 2.40 bits per heavy atom. The molecule has 3 nitrogen and oxygen atoms in total. The van der Waals surface area contributed by atoms with Gasteiger partial charge in [0.25, 0.3) is 0 Å². The molecule has 1 saturated carbocycles. The summed E-state index contributed by atoms with van der Waals surface area (Å²) in [5.41, 5.74) is 8.63. The zero-order valence-corrected chi connectivity index (χ0v) is 12.1. The maximum Gasteiger partial charge on any atom is 0.226 e. The summed E-state index contributed by atoms with van der Waals surface area (Å²) >= 11 is 0. The quantitative estimate of drug-likeness (QED) is 0.895. The molecule has 3 heteroatoms. The molecule has 2 atom stereocenters. The van der Waals surface area contributed by atoms with Crippen LogP contribution in [0, 0.1) is 11.8 Å². The number of nitrogens with zero attached hydrogens (tertiary/aromatic N) is 1. The molecule has 1 fully saturated rings. The van der Waals surface area contributed by atoms with Gasteiger partial charge in [0, 0.05) is 19.0 Å². The van der Waals surface area contributed by atoms with E-state index in [0.29, 0.717) is 18.4 Å². The van der Waals surface area contributed by atoms with E-state index in [-0.39, 0.29) is 5.92 Å². The highest BCUT2D eigenvalue weighted by atomic mass is 16.2. The maximum absolute atomic E-state index is 12.7. The summed E-state index contributed by atoms with van der Waals surface area (Å²) in [6.07, 6.45) is 5.29. The van der Waals surface area contributed by atoms with Crippen molar-refractivity contribution < 1.29 is 4.79 Å². The number of carbonyl (C=O) groups excluding carboxylic acids is 1. The zero-order chi connectivity index (χ0) is 13.9. The summed E-state index contributed by atoms with van der Waals surface area (Å²) in [6, 6.07) is 8.58. The fourth-order valence-electron chi connectivity index (χ4n) is 3.77. The van der Waals surface area contributed by atoms with Gasteiger partial charge in [0.1, 0.15) is 0 Å². The van der Waals surface area contributed by atoms with E-state index in [9.17, 15) is 4.79 Å². The lowest BCUT2D eigenvalue weighted by molar-refractivity contribution is -0.136. The Labute approximate surface area is 121 Å². The third-order valence-electron chi connectivity index (χ3n) is 5.01. The number of nitrogens with two attached hydrogens (primary N) is 1. The van der Waals surface area contributed by atoms with Gasteiger partial charge in [-0.25, -0.2) is 0 Å². The fourth-order valence-corrected chi connectivity index (χ4v) is 3.77. The third-order valence-corrected chi connectivity index (χ3v) is 5.01. The minimum atomic E-state index is 0.182. The average Bonchev–Trinajstić information content (AvgIpc) is 2.86. The van der Waals surface area contributed by atoms with E-state index in [1.54, 1.807) is 0 Å². The molecule has 108 valence electrons. The second-order valence-corrected chi connectivity index (χ2v) is 6.13. The normalized spacial score (nSPS) is 26.1. The van der Waals surface area contributed by atoms with Crippen LogP contribution in [-0.2, 0) is 17.6 Å². The Morgan fingerprint density at radius 1 is 1.15 bits per heavy atom. The first-order valence-corrected chi connectivity index (χ1v) is 7.85. The molecule has 1 aliphatic carbocycles. The number of rotatable bonds is 2. The Balaban J connectivity index is 1.69. The fraction of sp³-hybridized carbons (Fsp3) is 0.588. The third kappa shape index (κ3) is 2.59. The largest absolute Gasteiger partial charge is 0.342 e. The topological polar surface area (TPSA) is 46.3 Å². The molecule has 0 saturated heterocycles. The van der Waals surface area contributed by atoms with E-state index in [2.05, 4.69) is 29.2 Å². The van der Waals surface area contributed by atoms with Gasteiger partial charge in [-0.05, 0) is 49.3 Å². The van der Waals surface area contributed by atoms with Crippen LogP contribution in [0.1, 0.15) is 30.4 Å². The van der Waals surface area contributed by atoms with Gasteiger partial charge in [0.2, 0.25) is 5.91 Å². The molecule has 1 aromatic rings. The van der Waals surface area contributed by atoms with Crippen LogP contribution in [-0.4, -0.2) is 30.4 Å². The smallest absolute Gasteiger partial charge is 0.226 e. The molecular formula is C17H24N2O. The second-order valence-electron chi connectivity index (χ2n) is 6.13. The van der Waals surface area contributed by atoms with E-state index in [4.69, 9.17) is 5.73 Å². The van der Waals surface area contributed by atoms with Crippen LogP contribution < -0.4 is 5.73 Å². The lowest BCUT2D eigenvalue weighted by atomic mass is 9.94. The summed E-state index contributed by atoms with van der Waals surface area (Å²) in [5.74, 6) is 0.945. The van der Waals surface area contributed by atoms with Gasteiger partial charge in [0.05, 0.1) is 0 Å². The zero-order valence-electron chi connectivity index (χ0n) is 12.1. The van der Waals surface area contributed by atoms with Crippen molar-refractivity contribution in [2.75, 3.05) is 19.6 Å². The highest BCUT2D eigenvalue weighted by Gasteiger charge is 2.34. The van der Waals surface area contributed by atoms with Crippen LogP contribution in [0.2, 0.25) is 0 Å². The molecule has 0 radical (unpaired) electrons. The Bertz CT molecular complexity index is 459. The van der Waals surface area contributed by atoms with Crippen LogP contribution in [0.3, 0.4) is 0 Å². The molecule has 1 aliphatic heterocycles. The number of fused-ring (bicyclic) bond motifs is 1. The summed E-state index contributed by atoms with van der Waals surface area (Å²) in [4.78, 5) is 14.8. The second kappa shape index (κ2) is 5.96. The van der Waals surface area contributed by atoms with Crippen molar-refractivity contribution in [1.82, 2.24) is 4.90 Å². The minimum Gasteiger partial charge on any atom is -0.342 e. The first-order valence-electron chi connectivity index (χ1n) is 7.85. The highest BCUT2D eigenvalue weighted by Crippen LogP contribution is 2.32. The molecule has 1 aromatic carbocycles. The molecule has 2 N–H and O–H groups in total. The van der Waals surface area contributed by atoms with Crippen LogP contribution in [0.25, 0.3) is 0 Å². The maximum atomic E-state index is 12.7. The van der Waals surface area contributed by atoms with E-state index < -0.39 is 0 Å². The lowest BCUT2D eigenvalue weighted by Crippen LogP contribution is -2.40. The van der Waals surface area contributed by atoms with Crippen LogP contribution in [0.4, 0.5) is 0 Å². The lowest BCUT2D eigenvalue weighted by Gasteiger charge is -2.26. The molecule has 1 amide bonds. The summed E-state index contributed by atoms with van der Waals surface area (Å²) in [7, 11) is 0. The molecule has 0 spiro atoms. The number of hydrogen-bond acceptors (Lipinski definition) is 2. The standard InChI is InChI=1S/C17H24N2O/c18-12-15-6-3-7-16(15)17(20)19-10-8-13-4-1-2-5-14(13)9-11-19/h1-2,4-5,15-16H,3,6-12,18H2. The monoisotopic (exact) mass is 272 g/mol. The van der Waals surface area contributed by atoms with E-state index in [1.807, 2.05) is 0 Å². The van der Waals surface area contributed by atoms with Gasteiger partial charge in [-0.3, -0.25) is 4.79 Å². The molecule has 0 aromatic heterocycles. The summed E-state index contributed by atoms with van der Waals surface area (Å²) < 4.78 is 0. The number of amides is 1. The van der Waals surface area contributed by atoms with Gasteiger partial charge < -0.3 is 10.6 Å². The van der Waals surface area contributed by atoms with Crippen LogP contribution >= 0.6 is 0 Å². The molecule has 3 rings (SSSR count). The Kier molecular flexibility index (Phi) is 4.06. The van der Waals surface area contributed by atoms with Crippen molar-refractivity contribution >= 4 is 5.91 Å². The van der Waals surface area contributed by atoms with Crippen molar-refractivity contribution in [3.05, 3.63) is 35.4 Å². The van der Waals surface area contributed by atoms with Crippen LogP contribution in [0.15, 0.2) is 24.3 Å². The average molecular weight is 272 g/mol. The van der Waals surface area contributed by atoms with E-state index in [1.165, 1.54) is 11.1 Å². The van der Waals surface area contributed by atoms with Crippen molar-refractivity contribution in [2.24, 2.45) is 17.6 Å². The van der Waals surface area contributed by atoms with Crippen molar-refractivity contribution in [3.63, 3.8) is 0 Å². The van der Waals surface area contributed by atoms with E-state index in [0.717, 1.165) is 45.2 Å². The highest BCUT2D eigenvalue weighted by molar-refractivity contribution is 5.79. The van der Waals surface area contributed by atoms with Crippen LogP contribution in [0.5, 0.6) is 0 Å². The minimum absolute atomic E-state index is 0.182. The predicted molar refractivity (Wildman–Crippen MR) is 80.3 cm³/mol. The number of carbonyl (C=O) groups is 1. The molecule has 0 bridgehead atoms. The first-order chi connectivity index (χ1) is 9.79. The van der Waals surface area contributed by atoms with Crippen molar-refractivity contribution in [3.8, 4) is 0 Å². The Hall–Kier alpha value is -1.35. The number of benzene rings is 1. The van der Waals surface area contributed by atoms with Crippen molar-refractivity contribution in [2.45, 2.75) is 32.1 Å². The molecule has 1 heterocycles. The predicted octanol–water partition coefficient (Wildman–Crippen LogP) is 1.99. The summed E-state index contributed by atoms with van der Waals surface area (Å²) in [5, 5.41) is 0. The number of hydrogen-bond donors (Lipinski definition) is 1. The SMILES string of the molecule is NCC1CCCC1C(=O)N1CCc2ccccc2CC1. The van der Waals surface area contributed by atoms with Gasteiger partial charge in [-0.2, -0.15) is 0 Å². The molecule has 2 unspecified atom stereocenters. The molecule has 20 heavy (non-hydrogen) atoms. The Morgan fingerprint density at radius 2 is 1.80 bits per heavy atom. The van der Waals surface area contributed by atoms with Gasteiger partial charge in [-0.1, -0.05) is 30.7 Å². The van der Waals surface area contributed by atoms with Crippen molar-refractivity contribution in [1.29, 1.82) is 0 Å². The van der Waals surface area contributed by atoms with E-state index >= 15 is 0 Å². The summed E-state index contributed by atoms with van der Waals surface area (Å²) in [6.45, 7) is 2.39. The molecular weight excluding hydrogens is 248 g/mol. The van der Waals surface area contributed by atoms with Gasteiger partial charge in [0.15, 0.2) is 0 Å².